The van der Waals surface area contributed by atoms with Crippen molar-refractivity contribution in [2.45, 2.75) is 77.4 Å². The molecule has 0 aromatic rings. The Balaban J connectivity index is 1.25. The zero-order chi connectivity index (χ0) is 21.6. The summed E-state index contributed by atoms with van der Waals surface area (Å²) in [5, 5.41) is 10.9. The van der Waals surface area contributed by atoms with Crippen molar-refractivity contribution in [3.8, 4) is 0 Å². The maximum atomic E-state index is 13.4. The molecule has 4 saturated carbocycles. The van der Waals surface area contributed by atoms with Gasteiger partial charge in [0.1, 0.15) is 5.78 Å². The van der Waals surface area contributed by atoms with Crippen LogP contribution in [0.2, 0.25) is 0 Å². The van der Waals surface area contributed by atoms with Crippen LogP contribution in [-0.2, 0) is 14.3 Å². The Morgan fingerprint density at radius 1 is 1.03 bits per heavy atom. The smallest absolute Gasteiger partial charge is 0.165 e. The second kappa shape index (κ2) is 8.70. The van der Waals surface area contributed by atoms with Gasteiger partial charge in [-0.1, -0.05) is 6.92 Å². The molecule has 5 rings (SSSR count). The Labute approximate surface area is 188 Å². The van der Waals surface area contributed by atoms with E-state index in [-0.39, 0.29) is 11.3 Å². The third kappa shape index (κ3) is 4.02. The predicted molar refractivity (Wildman–Crippen MR) is 119 cm³/mol. The van der Waals surface area contributed by atoms with E-state index in [1.165, 1.54) is 32.1 Å². The molecule has 8 atom stereocenters. The highest BCUT2D eigenvalue weighted by molar-refractivity contribution is 5.84. The van der Waals surface area contributed by atoms with Crippen molar-refractivity contribution in [2.75, 3.05) is 39.5 Å². The number of nitrogens with zero attached hydrogens (tertiary/aromatic N) is 1. The van der Waals surface area contributed by atoms with Crippen LogP contribution in [0.1, 0.15) is 71.6 Å². The first-order valence-electron chi connectivity index (χ1n) is 13.1. The predicted octanol–water partition coefficient (Wildman–Crippen LogP) is 3.88. The maximum Gasteiger partial charge on any atom is 0.165 e. The van der Waals surface area contributed by atoms with Gasteiger partial charge in [0.15, 0.2) is 5.79 Å². The van der Waals surface area contributed by atoms with Crippen LogP contribution >= 0.6 is 0 Å². The molecule has 5 fully saturated rings. The molecule has 0 spiro atoms. The van der Waals surface area contributed by atoms with E-state index in [1.807, 2.05) is 6.92 Å². The summed E-state index contributed by atoms with van der Waals surface area (Å²) in [5.41, 5.74) is 0.206. The minimum atomic E-state index is -0.879. The summed E-state index contributed by atoms with van der Waals surface area (Å²) in [6.45, 7) is 9.01. The van der Waals surface area contributed by atoms with E-state index in [4.69, 9.17) is 9.47 Å². The number of morpholine rings is 1. The van der Waals surface area contributed by atoms with Gasteiger partial charge in [0.2, 0.25) is 0 Å². The van der Waals surface area contributed by atoms with Crippen molar-refractivity contribution < 1.29 is 19.4 Å². The molecule has 5 heteroatoms. The fourth-order valence-corrected chi connectivity index (χ4v) is 8.86. The molecule has 0 radical (unpaired) electrons. The molecule has 0 unspecified atom stereocenters. The Morgan fingerprint density at radius 3 is 2.58 bits per heavy atom. The second-order valence-electron chi connectivity index (χ2n) is 11.6. The largest absolute Gasteiger partial charge is 0.379 e. The van der Waals surface area contributed by atoms with Gasteiger partial charge in [-0.3, -0.25) is 9.69 Å². The van der Waals surface area contributed by atoms with Gasteiger partial charge in [-0.05, 0) is 86.9 Å². The first kappa shape index (κ1) is 22.3. The van der Waals surface area contributed by atoms with Crippen molar-refractivity contribution in [1.29, 1.82) is 0 Å². The van der Waals surface area contributed by atoms with E-state index in [0.29, 0.717) is 24.9 Å². The van der Waals surface area contributed by atoms with Crippen LogP contribution in [0.15, 0.2) is 0 Å². The average Bonchev–Trinajstić information content (AvgIpc) is 3.11. The molecule has 5 nitrogen and oxygen atoms in total. The zero-order valence-corrected chi connectivity index (χ0v) is 19.7. The van der Waals surface area contributed by atoms with Crippen molar-refractivity contribution in [3.63, 3.8) is 0 Å². The van der Waals surface area contributed by atoms with Crippen molar-refractivity contribution in [3.05, 3.63) is 0 Å². The number of hydrogen-bond acceptors (Lipinski definition) is 5. The Morgan fingerprint density at radius 2 is 1.81 bits per heavy atom. The van der Waals surface area contributed by atoms with Crippen LogP contribution in [0.3, 0.4) is 0 Å². The highest BCUT2D eigenvalue weighted by Crippen LogP contribution is 2.64. The normalized spacial score (nSPS) is 48.0. The SMILES string of the molecule is CCO[C@@]1(O)CC[C@H]2[C@@H](CC[C@@H]3[C@@H]2CC[C@]2(C)[C@@H](C(=O)CN4CCOCC4)CC[C@@H]32)C1. The molecule has 5 aliphatic rings. The third-order valence-corrected chi connectivity index (χ3v) is 10.3. The Bertz CT molecular complexity index is 664. The lowest BCUT2D eigenvalue weighted by Crippen LogP contribution is -2.52. The number of ketones is 1. The topological polar surface area (TPSA) is 59.0 Å². The number of carbonyl (C=O) groups excluding carboxylic acids is 1. The van der Waals surface area contributed by atoms with E-state index >= 15 is 0 Å². The number of aliphatic hydroxyl groups is 1. The number of Topliss-reactive ketones (excluding diaryl/α,β-unsaturated/α-hetero) is 1. The molecule has 4 aliphatic carbocycles. The van der Waals surface area contributed by atoms with Gasteiger partial charge in [0, 0.05) is 38.5 Å². The number of carbonyl (C=O) groups is 1. The van der Waals surface area contributed by atoms with Crippen LogP contribution in [0.4, 0.5) is 0 Å². The standard InChI is InChI=1S/C26H43NO4/c1-3-31-26(29)11-9-19-18(16-26)4-5-21-20(19)8-10-25(2)22(21)6-7-23(25)24(28)17-27-12-14-30-15-13-27/h18-23,29H,3-17H2,1-2H3/t18-,19-,20+,21+,22-,23+,25-,26-/m0/s1. The number of hydrogen-bond donors (Lipinski definition) is 1. The molecule has 0 amide bonds. The molecule has 31 heavy (non-hydrogen) atoms. The number of ether oxygens (including phenoxy) is 2. The first-order chi connectivity index (χ1) is 14.9. The average molecular weight is 434 g/mol. The number of rotatable bonds is 5. The van der Waals surface area contributed by atoms with Crippen molar-refractivity contribution >= 4 is 5.78 Å². The van der Waals surface area contributed by atoms with Crippen molar-refractivity contribution in [1.82, 2.24) is 4.90 Å². The van der Waals surface area contributed by atoms with Crippen molar-refractivity contribution in [2.24, 2.45) is 40.9 Å². The van der Waals surface area contributed by atoms with Gasteiger partial charge >= 0.3 is 0 Å². The lowest BCUT2D eigenvalue weighted by Gasteiger charge is -2.57. The monoisotopic (exact) mass is 433 g/mol. The van der Waals surface area contributed by atoms with E-state index in [1.54, 1.807) is 0 Å². The van der Waals surface area contributed by atoms with E-state index in [0.717, 1.165) is 75.7 Å². The first-order valence-corrected chi connectivity index (χ1v) is 13.1. The Hall–Kier alpha value is -0.490. The van der Waals surface area contributed by atoms with Crippen LogP contribution < -0.4 is 0 Å². The summed E-state index contributed by atoms with van der Waals surface area (Å²) >= 11 is 0. The van der Waals surface area contributed by atoms with Crippen LogP contribution in [0, 0.1) is 40.9 Å². The molecule has 1 saturated heterocycles. The maximum absolute atomic E-state index is 13.4. The molecular formula is C26H43NO4. The lowest BCUT2D eigenvalue weighted by molar-refractivity contribution is -0.242. The highest BCUT2D eigenvalue weighted by Gasteiger charge is 2.59. The van der Waals surface area contributed by atoms with E-state index in [2.05, 4.69) is 11.8 Å². The molecule has 0 aromatic heterocycles. The van der Waals surface area contributed by atoms with Gasteiger partial charge in [0.05, 0.1) is 19.8 Å². The minimum Gasteiger partial charge on any atom is -0.379 e. The summed E-state index contributed by atoms with van der Waals surface area (Å²) < 4.78 is 11.2. The fourth-order valence-electron chi connectivity index (χ4n) is 8.86. The van der Waals surface area contributed by atoms with Gasteiger partial charge in [-0.2, -0.15) is 0 Å². The van der Waals surface area contributed by atoms with Crippen LogP contribution in [-0.4, -0.2) is 61.0 Å². The quantitative estimate of drug-likeness (QED) is 0.667. The van der Waals surface area contributed by atoms with Gasteiger partial charge in [0.25, 0.3) is 0 Å². The van der Waals surface area contributed by atoms with Crippen LogP contribution in [0.25, 0.3) is 0 Å². The van der Waals surface area contributed by atoms with Crippen LogP contribution in [0.5, 0.6) is 0 Å². The summed E-state index contributed by atoms with van der Waals surface area (Å²) in [6.07, 6.45) is 10.1. The highest BCUT2D eigenvalue weighted by atomic mass is 16.6. The Kier molecular flexibility index (Phi) is 6.26. The second-order valence-corrected chi connectivity index (χ2v) is 11.6. The van der Waals surface area contributed by atoms with Gasteiger partial charge < -0.3 is 14.6 Å². The minimum absolute atomic E-state index is 0.206. The fraction of sp³-hybridized carbons (Fsp3) is 0.962. The molecule has 1 N–H and O–H groups in total. The molecule has 1 heterocycles. The molecule has 1 aliphatic heterocycles. The molecule has 176 valence electrons. The summed E-state index contributed by atoms with van der Waals surface area (Å²) in [4.78, 5) is 15.7. The molecular weight excluding hydrogens is 390 g/mol. The van der Waals surface area contributed by atoms with Gasteiger partial charge in [-0.15, -0.1) is 0 Å². The summed E-state index contributed by atoms with van der Waals surface area (Å²) in [6, 6.07) is 0. The van der Waals surface area contributed by atoms with E-state index in [9.17, 15) is 9.90 Å². The third-order valence-electron chi connectivity index (χ3n) is 10.3. The molecule has 0 bridgehead atoms. The lowest BCUT2D eigenvalue weighted by atomic mass is 9.49. The zero-order valence-electron chi connectivity index (χ0n) is 19.7. The van der Waals surface area contributed by atoms with Gasteiger partial charge in [-0.25, -0.2) is 0 Å². The van der Waals surface area contributed by atoms with E-state index < -0.39 is 5.79 Å². The molecule has 0 aromatic carbocycles. The number of fused-ring (bicyclic) bond motifs is 5. The summed E-state index contributed by atoms with van der Waals surface area (Å²) in [5.74, 6) is 3.57. The summed E-state index contributed by atoms with van der Waals surface area (Å²) in [7, 11) is 0.